The zero-order chi connectivity index (χ0) is 21.1. The maximum Gasteiger partial charge on any atom is 0.416 e. The molecule has 0 saturated heterocycles. The number of carbonyl (C=O) groups excluding carboxylic acids is 2. The number of methoxy groups -OCH3 is 1. The van der Waals surface area contributed by atoms with Gasteiger partial charge in [0.05, 0.1) is 24.7 Å². The van der Waals surface area contributed by atoms with Gasteiger partial charge in [-0.25, -0.2) is 0 Å². The van der Waals surface area contributed by atoms with E-state index in [1.54, 1.807) is 39.0 Å². The van der Waals surface area contributed by atoms with Gasteiger partial charge in [0.1, 0.15) is 5.75 Å². The Balaban J connectivity index is 2.65. The molecular formula is C21H21F3O4. The molecule has 0 unspecified atom stereocenters. The summed E-state index contributed by atoms with van der Waals surface area (Å²) in [5.74, 6) is -0.0691. The van der Waals surface area contributed by atoms with E-state index in [1.807, 2.05) is 0 Å². The molecule has 7 heteroatoms. The first-order valence-corrected chi connectivity index (χ1v) is 8.58. The van der Waals surface area contributed by atoms with Gasteiger partial charge in [0, 0.05) is 11.1 Å². The SMILES string of the molecule is CCOC(=O)C(C)(C)c1ccc(OC)c(-c2ccc(C(F)(F)F)cc2C=O)c1. The second-order valence-electron chi connectivity index (χ2n) is 6.68. The summed E-state index contributed by atoms with van der Waals surface area (Å²) in [5, 5.41) is 0. The molecule has 0 aliphatic carbocycles. The minimum atomic E-state index is -4.56. The molecule has 0 aliphatic rings. The van der Waals surface area contributed by atoms with E-state index in [-0.39, 0.29) is 17.7 Å². The van der Waals surface area contributed by atoms with E-state index < -0.39 is 23.1 Å². The number of alkyl halides is 3. The Morgan fingerprint density at radius 1 is 1.04 bits per heavy atom. The lowest BCUT2D eigenvalue weighted by atomic mass is 9.82. The number of hydrogen-bond acceptors (Lipinski definition) is 4. The molecule has 0 fully saturated rings. The van der Waals surface area contributed by atoms with Crippen molar-refractivity contribution in [2.75, 3.05) is 13.7 Å². The van der Waals surface area contributed by atoms with Crippen LogP contribution in [0.25, 0.3) is 11.1 Å². The normalized spacial score (nSPS) is 11.8. The van der Waals surface area contributed by atoms with E-state index in [4.69, 9.17) is 9.47 Å². The molecule has 0 aromatic heterocycles. The molecule has 4 nitrogen and oxygen atoms in total. The Bertz CT molecular complexity index is 886. The molecule has 0 saturated carbocycles. The van der Waals surface area contributed by atoms with Crippen LogP contribution in [-0.2, 0) is 21.1 Å². The summed E-state index contributed by atoms with van der Waals surface area (Å²) in [7, 11) is 1.42. The van der Waals surface area contributed by atoms with Gasteiger partial charge in [-0.15, -0.1) is 0 Å². The molecule has 0 N–H and O–H groups in total. The molecule has 0 bridgehead atoms. The van der Waals surface area contributed by atoms with Gasteiger partial charge in [0.15, 0.2) is 6.29 Å². The summed E-state index contributed by atoms with van der Waals surface area (Å²) in [4.78, 5) is 23.8. The summed E-state index contributed by atoms with van der Waals surface area (Å²) >= 11 is 0. The topological polar surface area (TPSA) is 52.6 Å². The monoisotopic (exact) mass is 394 g/mol. The summed E-state index contributed by atoms with van der Waals surface area (Å²) in [5.41, 5.74) is -0.766. The highest BCUT2D eigenvalue weighted by Gasteiger charge is 2.33. The Morgan fingerprint density at radius 3 is 2.21 bits per heavy atom. The molecule has 28 heavy (non-hydrogen) atoms. The highest BCUT2D eigenvalue weighted by atomic mass is 19.4. The van der Waals surface area contributed by atoms with Crippen LogP contribution in [0.2, 0.25) is 0 Å². The highest BCUT2D eigenvalue weighted by molar-refractivity contribution is 5.91. The molecule has 0 amide bonds. The smallest absolute Gasteiger partial charge is 0.416 e. The highest BCUT2D eigenvalue weighted by Crippen LogP contribution is 2.38. The number of hydrogen-bond donors (Lipinski definition) is 0. The summed E-state index contributed by atoms with van der Waals surface area (Å²) in [6, 6.07) is 7.86. The van der Waals surface area contributed by atoms with E-state index in [1.165, 1.54) is 13.2 Å². The van der Waals surface area contributed by atoms with E-state index >= 15 is 0 Å². The van der Waals surface area contributed by atoms with Crippen molar-refractivity contribution in [1.29, 1.82) is 0 Å². The van der Waals surface area contributed by atoms with Crippen molar-refractivity contribution in [3.63, 3.8) is 0 Å². The number of esters is 1. The number of carbonyl (C=O) groups is 2. The largest absolute Gasteiger partial charge is 0.496 e. The van der Waals surface area contributed by atoms with E-state index in [0.717, 1.165) is 12.1 Å². The fourth-order valence-electron chi connectivity index (χ4n) is 2.82. The van der Waals surface area contributed by atoms with E-state index in [2.05, 4.69) is 0 Å². The molecule has 0 aliphatic heterocycles. The number of halogens is 3. The van der Waals surface area contributed by atoms with Gasteiger partial charge < -0.3 is 9.47 Å². The Kier molecular flexibility index (Phi) is 6.17. The quantitative estimate of drug-likeness (QED) is 0.509. The third-order valence-electron chi connectivity index (χ3n) is 4.50. The van der Waals surface area contributed by atoms with Crippen LogP contribution in [0.5, 0.6) is 5.75 Å². The van der Waals surface area contributed by atoms with Crippen molar-refractivity contribution < 1.29 is 32.2 Å². The standard InChI is InChI=1S/C21H21F3O4/c1-5-28-19(26)20(2,3)14-7-9-18(27-4)17(11-14)16-8-6-15(21(22,23)24)10-13(16)12-25/h6-12H,5H2,1-4H3. The lowest BCUT2D eigenvalue weighted by molar-refractivity contribution is -0.148. The number of benzene rings is 2. The zero-order valence-corrected chi connectivity index (χ0v) is 16.0. The number of aldehydes is 1. The van der Waals surface area contributed by atoms with Crippen LogP contribution in [0.4, 0.5) is 13.2 Å². The third kappa shape index (κ3) is 4.18. The lowest BCUT2D eigenvalue weighted by Gasteiger charge is -2.24. The minimum absolute atomic E-state index is 0.126. The van der Waals surface area contributed by atoms with Crippen LogP contribution in [0.1, 0.15) is 42.3 Å². The van der Waals surface area contributed by atoms with Crippen molar-refractivity contribution in [1.82, 2.24) is 0 Å². The Labute approximate surface area is 161 Å². The lowest BCUT2D eigenvalue weighted by Crippen LogP contribution is -2.31. The van der Waals surface area contributed by atoms with Gasteiger partial charge in [-0.2, -0.15) is 13.2 Å². The van der Waals surface area contributed by atoms with Gasteiger partial charge in [-0.1, -0.05) is 12.1 Å². The molecule has 0 atom stereocenters. The summed E-state index contributed by atoms with van der Waals surface area (Å²) < 4.78 is 49.3. The predicted molar refractivity (Wildman–Crippen MR) is 98.5 cm³/mol. The number of rotatable bonds is 6. The maximum atomic E-state index is 13.0. The molecule has 0 spiro atoms. The second kappa shape index (κ2) is 8.04. The summed E-state index contributed by atoms with van der Waals surface area (Å²) in [6.45, 7) is 5.29. The van der Waals surface area contributed by atoms with Crippen LogP contribution in [0, 0.1) is 0 Å². The van der Waals surface area contributed by atoms with Crippen molar-refractivity contribution >= 4 is 12.3 Å². The zero-order valence-electron chi connectivity index (χ0n) is 16.0. The molecule has 2 aromatic rings. The first-order valence-electron chi connectivity index (χ1n) is 8.58. The van der Waals surface area contributed by atoms with Gasteiger partial charge in [-0.05, 0) is 56.2 Å². The van der Waals surface area contributed by atoms with Crippen molar-refractivity contribution in [3.8, 4) is 16.9 Å². The maximum absolute atomic E-state index is 13.0. The van der Waals surface area contributed by atoms with Gasteiger partial charge in [-0.3, -0.25) is 9.59 Å². The van der Waals surface area contributed by atoms with Crippen molar-refractivity contribution in [3.05, 3.63) is 53.1 Å². The third-order valence-corrected chi connectivity index (χ3v) is 4.50. The van der Waals surface area contributed by atoms with Crippen LogP contribution in [0.3, 0.4) is 0 Å². The second-order valence-corrected chi connectivity index (χ2v) is 6.68. The van der Waals surface area contributed by atoms with Crippen molar-refractivity contribution in [2.24, 2.45) is 0 Å². The van der Waals surface area contributed by atoms with Crippen LogP contribution < -0.4 is 4.74 Å². The molecule has 2 rings (SSSR count). The average molecular weight is 394 g/mol. The molecule has 0 radical (unpaired) electrons. The van der Waals surface area contributed by atoms with Crippen LogP contribution in [0.15, 0.2) is 36.4 Å². The van der Waals surface area contributed by atoms with Crippen LogP contribution in [-0.4, -0.2) is 26.0 Å². The predicted octanol–water partition coefficient (Wildman–Crippen LogP) is 5.03. The van der Waals surface area contributed by atoms with E-state index in [0.29, 0.717) is 23.2 Å². The van der Waals surface area contributed by atoms with E-state index in [9.17, 15) is 22.8 Å². The van der Waals surface area contributed by atoms with Crippen LogP contribution >= 0.6 is 0 Å². The molecule has 2 aromatic carbocycles. The Morgan fingerprint density at radius 2 is 1.68 bits per heavy atom. The first-order chi connectivity index (χ1) is 13.1. The average Bonchev–Trinajstić information content (AvgIpc) is 2.66. The fraction of sp³-hybridized carbons (Fsp3) is 0.333. The fourth-order valence-corrected chi connectivity index (χ4v) is 2.82. The van der Waals surface area contributed by atoms with Gasteiger partial charge in [0.2, 0.25) is 0 Å². The van der Waals surface area contributed by atoms with Gasteiger partial charge in [0.25, 0.3) is 0 Å². The first kappa shape index (κ1) is 21.5. The molecule has 0 heterocycles. The Hall–Kier alpha value is -2.83. The molecular weight excluding hydrogens is 373 g/mol. The van der Waals surface area contributed by atoms with Gasteiger partial charge >= 0.3 is 12.1 Å². The van der Waals surface area contributed by atoms with Crippen molar-refractivity contribution in [2.45, 2.75) is 32.4 Å². The molecule has 150 valence electrons. The minimum Gasteiger partial charge on any atom is -0.496 e. The number of ether oxygens (including phenoxy) is 2. The summed E-state index contributed by atoms with van der Waals surface area (Å²) in [6.07, 6.45) is -4.19.